The number of Topliss-reactive ketones (excluding diaryl/α,β-unsaturated/α-hetero) is 1. The average Bonchev–Trinajstić information content (AvgIpc) is 2.60. The molecule has 0 saturated heterocycles. The Kier molecular flexibility index (Phi) is 6.01. The van der Waals surface area contributed by atoms with Crippen molar-refractivity contribution in [3.63, 3.8) is 0 Å². The lowest BCUT2D eigenvalue weighted by Crippen LogP contribution is -2.42. The lowest BCUT2D eigenvalue weighted by molar-refractivity contribution is -0.138. The Bertz CT molecular complexity index is 660. The normalized spacial score (nSPS) is 25.1. The maximum Gasteiger partial charge on any atom is 0.417 e. The number of anilines is 1. The number of carbonyl (C=O) groups excluding carboxylic acids is 2. The average molecular weight is 383 g/mol. The molecule has 1 unspecified atom stereocenters. The van der Waals surface area contributed by atoms with Gasteiger partial charge in [0.2, 0.25) is 5.91 Å². The van der Waals surface area contributed by atoms with E-state index in [1.54, 1.807) is 0 Å². The molecule has 27 heavy (non-hydrogen) atoms. The standard InChI is InChI=1S/C19H24F3N3O2/c20-19(21,22)15-5-6-16(25-11-15)23-7-2-8-24-18(27)14-9-12-3-1-4-13(10-14)17(12)26/h5-6,11-14H,1-4,7-10H2,(H,23,25)(H,24,27)/t12-,13+,14?. The third kappa shape index (κ3) is 4.99. The summed E-state index contributed by atoms with van der Waals surface area (Å²) in [4.78, 5) is 28.2. The summed E-state index contributed by atoms with van der Waals surface area (Å²) >= 11 is 0. The number of pyridine rings is 1. The minimum absolute atomic E-state index is 0.00653. The summed E-state index contributed by atoms with van der Waals surface area (Å²) in [6.07, 6.45) is 1.26. The van der Waals surface area contributed by atoms with E-state index in [2.05, 4.69) is 15.6 Å². The lowest BCUT2D eigenvalue weighted by atomic mass is 9.67. The van der Waals surface area contributed by atoms with E-state index in [-0.39, 0.29) is 23.7 Å². The largest absolute Gasteiger partial charge is 0.417 e. The number of amides is 1. The first kappa shape index (κ1) is 19.6. The number of hydrogen-bond donors (Lipinski definition) is 2. The van der Waals surface area contributed by atoms with Gasteiger partial charge in [-0.05, 0) is 44.2 Å². The highest BCUT2D eigenvalue weighted by Crippen LogP contribution is 2.40. The fourth-order valence-electron chi connectivity index (χ4n) is 4.02. The van der Waals surface area contributed by atoms with Gasteiger partial charge in [0.25, 0.3) is 0 Å². The Morgan fingerprint density at radius 1 is 1.15 bits per heavy atom. The topological polar surface area (TPSA) is 71.1 Å². The predicted octanol–water partition coefficient (Wildman–Crippen LogP) is 3.41. The van der Waals surface area contributed by atoms with Crippen LogP contribution in [0.25, 0.3) is 0 Å². The summed E-state index contributed by atoms with van der Waals surface area (Å²) in [5, 5.41) is 5.85. The molecule has 148 valence electrons. The van der Waals surface area contributed by atoms with Crippen molar-refractivity contribution in [3.8, 4) is 0 Å². The van der Waals surface area contributed by atoms with Crippen molar-refractivity contribution in [1.82, 2.24) is 10.3 Å². The maximum atomic E-state index is 12.5. The Morgan fingerprint density at radius 2 is 1.85 bits per heavy atom. The minimum atomic E-state index is -4.39. The summed E-state index contributed by atoms with van der Waals surface area (Å²) in [6.45, 7) is 0.972. The van der Waals surface area contributed by atoms with Crippen LogP contribution in [0.3, 0.4) is 0 Å². The van der Waals surface area contributed by atoms with E-state index in [1.165, 1.54) is 6.07 Å². The van der Waals surface area contributed by atoms with Crippen LogP contribution in [0.2, 0.25) is 0 Å². The molecule has 1 aromatic rings. The van der Waals surface area contributed by atoms with Gasteiger partial charge in [0.15, 0.2) is 0 Å². The van der Waals surface area contributed by atoms with Crippen LogP contribution in [0.4, 0.5) is 19.0 Å². The summed E-state index contributed by atoms with van der Waals surface area (Å²) < 4.78 is 37.4. The molecule has 2 fully saturated rings. The summed E-state index contributed by atoms with van der Waals surface area (Å²) in [5.41, 5.74) is -0.781. The Balaban J connectivity index is 1.35. The molecule has 0 aliphatic heterocycles. The van der Waals surface area contributed by atoms with E-state index in [1.807, 2.05) is 0 Å². The van der Waals surface area contributed by atoms with Crippen LogP contribution in [0.5, 0.6) is 0 Å². The first-order chi connectivity index (χ1) is 12.8. The molecule has 2 N–H and O–H groups in total. The second-order valence-corrected chi connectivity index (χ2v) is 7.40. The van der Waals surface area contributed by atoms with Crippen LogP contribution in [-0.2, 0) is 15.8 Å². The zero-order chi connectivity index (χ0) is 19.4. The van der Waals surface area contributed by atoms with E-state index in [4.69, 9.17) is 0 Å². The molecule has 3 rings (SSSR count). The molecule has 3 atom stereocenters. The quantitative estimate of drug-likeness (QED) is 0.739. The van der Waals surface area contributed by atoms with Gasteiger partial charge in [0.1, 0.15) is 11.6 Å². The monoisotopic (exact) mass is 383 g/mol. The Morgan fingerprint density at radius 3 is 2.44 bits per heavy atom. The van der Waals surface area contributed by atoms with Crippen LogP contribution in [0, 0.1) is 17.8 Å². The van der Waals surface area contributed by atoms with E-state index in [0.29, 0.717) is 44.0 Å². The fourth-order valence-corrected chi connectivity index (χ4v) is 4.02. The van der Waals surface area contributed by atoms with Crippen molar-refractivity contribution in [2.75, 3.05) is 18.4 Å². The second-order valence-electron chi connectivity index (χ2n) is 7.40. The Labute approximate surface area is 156 Å². The van der Waals surface area contributed by atoms with Gasteiger partial charge in [-0.2, -0.15) is 13.2 Å². The van der Waals surface area contributed by atoms with Crippen LogP contribution >= 0.6 is 0 Å². The van der Waals surface area contributed by atoms with E-state index < -0.39 is 11.7 Å². The van der Waals surface area contributed by atoms with Gasteiger partial charge in [-0.3, -0.25) is 9.59 Å². The number of carbonyl (C=O) groups is 2. The van der Waals surface area contributed by atoms with Gasteiger partial charge in [-0.25, -0.2) is 4.98 Å². The summed E-state index contributed by atoms with van der Waals surface area (Å²) in [5.74, 6) is 0.752. The fraction of sp³-hybridized carbons (Fsp3) is 0.632. The first-order valence-electron chi connectivity index (χ1n) is 9.43. The number of aromatic nitrogens is 1. The smallest absolute Gasteiger partial charge is 0.370 e. The molecular formula is C19H24F3N3O2. The number of nitrogens with zero attached hydrogens (tertiary/aromatic N) is 1. The number of ketones is 1. The highest BCUT2D eigenvalue weighted by Gasteiger charge is 2.41. The van der Waals surface area contributed by atoms with Gasteiger partial charge in [-0.15, -0.1) is 0 Å². The second kappa shape index (κ2) is 8.27. The highest BCUT2D eigenvalue weighted by atomic mass is 19.4. The molecule has 8 heteroatoms. The van der Waals surface area contributed by atoms with Gasteiger partial charge in [-0.1, -0.05) is 6.42 Å². The number of hydrogen-bond acceptors (Lipinski definition) is 4. The van der Waals surface area contributed by atoms with Crippen molar-refractivity contribution < 1.29 is 22.8 Å². The number of alkyl halides is 3. The molecule has 0 spiro atoms. The first-order valence-corrected chi connectivity index (χ1v) is 9.43. The molecule has 2 bridgehead atoms. The minimum Gasteiger partial charge on any atom is -0.370 e. The van der Waals surface area contributed by atoms with Gasteiger partial charge < -0.3 is 10.6 Å². The van der Waals surface area contributed by atoms with Crippen LogP contribution in [-0.4, -0.2) is 29.8 Å². The molecule has 1 aromatic heterocycles. The van der Waals surface area contributed by atoms with Crippen molar-refractivity contribution in [2.45, 2.75) is 44.7 Å². The Hall–Kier alpha value is -2.12. The van der Waals surface area contributed by atoms with Gasteiger partial charge >= 0.3 is 6.18 Å². The maximum absolute atomic E-state index is 12.5. The third-order valence-corrected chi connectivity index (χ3v) is 5.47. The van der Waals surface area contributed by atoms with E-state index in [0.717, 1.165) is 31.5 Å². The molecule has 1 amide bonds. The molecular weight excluding hydrogens is 359 g/mol. The van der Waals surface area contributed by atoms with Crippen molar-refractivity contribution in [1.29, 1.82) is 0 Å². The zero-order valence-electron chi connectivity index (χ0n) is 15.0. The summed E-state index contributed by atoms with van der Waals surface area (Å²) in [7, 11) is 0. The number of rotatable bonds is 6. The highest BCUT2D eigenvalue weighted by molar-refractivity contribution is 5.88. The van der Waals surface area contributed by atoms with Crippen LogP contribution < -0.4 is 10.6 Å². The SMILES string of the molecule is O=C(NCCCNc1ccc(C(F)(F)F)cn1)C1C[C@H]2CCC[C@@H](C1)C2=O. The number of nitrogens with one attached hydrogen (secondary N) is 2. The summed E-state index contributed by atoms with van der Waals surface area (Å²) in [6, 6.07) is 2.28. The number of fused-ring (bicyclic) bond motifs is 2. The number of halogens is 3. The van der Waals surface area contributed by atoms with Crippen LogP contribution in [0.15, 0.2) is 18.3 Å². The molecule has 5 nitrogen and oxygen atoms in total. The van der Waals surface area contributed by atoms with Gasteiger partial charge in [0.05, 0.1) is 5.56 Å². The van der Waals surface area contributed by atoms with E-state index in [9.17, 15) is 22.8 Å². The molecule has 1 heterocycles. The molecule has 0 radical (unpaired) electrons. The van der Waals surface area contributed by atoms with E-state index >= 15 is 0 Å². The van der Waals surface area contributed by atoms with Crippen LogP contribution in [0.1, 0.15) is 44.1 Å². The third-order valence-electron chi connectivity index (χ3n) is 5.47. The lowest BCUT2D eigenvalue weighted by Gasteiger charge is -2.36. The molecule has 0 aromatic carbocycles. The van der Waals surface area contributed by atoms with Crippen molar-refractivity contribution >= 4 is 17.5 Å². The predicted molar refractivity (Wildman–Crippen MR) is 93.9 cm³/mol. The molecule has 2 aliphatic carbocycles. The molecule has 2 aliphatic rings. The van der Waals surface area contributed by atoms with Crippen molar-refractivity contribution in [2.24, 2.45) is 17.8 Å². The van der Waals surface area contributed by atoms with Crippen molar-refractivity contribution in [3.05, 3.63) is 23.9 Å². The zero-order valence-corrected chi connectivity index (χ0v) is 15.0. The van der Waals surface area contributed by atoms with Gasteiger partial charge in [0, 0.05) is 37.0 Å². The molecule has 2 saturated carbocycles.